The summed E-state index contributed by atoms with van der Waals surface area (Å²) in [4.78, 5) is 17.4. The topological polar surface area (TPSA) is 49.6 Å². The fraction of sp³-hybridized carbons (Fsp3) is 0.941. The molecule has 1 aliphatic carbocycles. The number of hydrogen-bond donors (Lipinski definition) is 1. The monoisotopic (exact) mass is 293 g/mol. The molecule has 4 nitrogen and oxygen atoms in total. The van der Waals surface area contributed by atoms with E-state index in [-0.39, 0.29) is 17.9 Å². The molecule has 0 aromatic rings. The van der Waals surface area contributed by atoms with E-state index in [4.69, 9.17) is 5.73 Å². The third-order valence-electron chi connectivity index (χ3n) is 5.98. The summed E-state index contributed by atoms with van der Waals surface area (Å²) in [5, 5.41) is 0. The summed E-state index contributed by atoms with van der Waals surface area (Å²) < 4.78 is 0. The van der Waals surface area contributed by atoms with Crippen molar-refractivity contribution in [2.24, 2.45) is 17.6 Å². The highest BCUT2D eigenvalue weighted by molar-refractivity contribution is 5.82. The molecule has 0 radical (unpaired) electrons. The van der Waals surface area contributed by atoms with Crippen LogP contribution in [0.5, 0.6) is 0 Å². The number of rotatable bonds is 4. The number of nitrogens with zero attached hydrogens (tertiary/aromatic N) is 2. The maximum atomic E-state index is 12.6. The molecule has 0 spiro atoms. The molecule has 21 heavy (non-hydrogen) atoms. The Labute approximate surface area is 129 Å². The second-order valence-electron chi connectivity index (χ2n) is 7.42. The van der Waals surface area contributed by atoms with Crippen LogP contribution in [0.4, 0.5) is 0 Å². The Morgan fingerprint density at radius 3 is 2.67 bits per heavy atom. The molecule has 0 unspecified atom stereocenters. The van der Waals surface area contributed by atoms with Gasteiger partial charge < -0.3 is 10.6 Å². The Kier molecular flexibility index (Phi) is 4.55. The van der Waals surface area contributed by atoms with Crippen LogP contribution in [0.1, 0.15) is 52.4 Å². The Balaban J connectivity index is 1.60. The zero-order chi connectivity index (χ0) is 15.0. The van der Waals surface area contributed by atoms with Crippen LogP contribution < -0.4 is 5.73 Å². The van der Waals surface area contributed by atoms with E-state index in [9.17, 15) is 4.79 Å². The van der Waals surface area contributed by atoms with Crippen LogP contribution in [0.2, 0.25) is 0 Å². The number of carbonyl (C=O) groups is 1. The summed E-state index contributed by atoms with van der Waals surface area (Å²) in [5.41, 5.74) is 6.15. The first-order chi connectivity index (χ1) is 10.1. The molecule has 120 valence electrons. The number of amides is 1. The molecule has 2 N–H and O–H groups in total. The highest BCUT2D eigenvalue weighted by Gasteiger charge is 2.43. The second-order valence-corrected chi connectivity index (χ2v) is 7.42. The van der Waals surface area contributed by atoms with Crippen LogP contribution in [-0.4, -0.2) is 53.5 Å². The van der Waals surface area contributed by atoms with Crippen molar-refractivity contribution in [2.45, 2.75) is 70.5 Å². The van der Waals surface area contributed by atoms with Crippen LogP contribution in [0.25, 0.3) is 0 Å². The van der Waals surface area contributed by atoms with Gasteiger partial charge in [0.25, 0.3) is 0 Å². The van der Waals surface area contributed by atoms with E-state index < -0.39 is 0 Å². The van der Waals surface area contributed by atoms with Crippen LogP contribution >= 0.6 is 0 Å². The van der Waals surface area contributed by atoms with Gasteiger partial charge in [-0.25, -0.2) is 0 Å². The highest BCUT2D eigenvalue weighted by Crippen LogP contribution is 2.38. The number of hydrogen-bond acceptors (Lipinski definition) is 3. The van der Waals surface area contributed by atoms with Gasteiger partial charge in [0.1, 0.15) is 0 Å². The van der Waals surface area contributed by atoms with Crippen LogP contribution in [0, 0.1) is 11.8 Å². The maximum Gasteiger partial charge on any atom is 0.239 e. The first-order valence-electron chi connectivity index (χ1n) is 8.92. The quantitative estimate of drug-likeness (QED) is 0.860. The standard InChI is InChI=1S/C17H31N3O/c1-3-12(2)16(18)17(21)19-10-8-15-13(11-19)5-4-9-20(15)14-6-7-14/h12-16H,3-11,18H2,1-2H3/t12-,13-,15+,16-/m0/s1. The average molecular weight is 293 g/mol. The van der Waals surface area contributed by atoms with Gasteiger partial charge in [-0.2, -0.15) is 0 Å². The van der Waals surface area contributed by atoms with Crippen molar-refractivity contribution in [2.75, 3.05) is 19.6 Å². The van der Waals surface area contributed by atoms with Gasteiger partial charge in [0.05, 0.1) is 6.04 Å². The predicted octanol–water partition coefficient (Wildman–Crippen LogP) is 1.84. The lowest BCUT2D eigenvalue weighted by atomic mass is 9.83. The lowest BCUT2D eigenvalue weighted by Gasteiger charge is -2.48. The minimum absolute atomic E-state index is 0.186. The van der Waals surface area contributed by atoms with Crippen molar-refractivity contribution >= 4 is 5.91 Å². The second kappa shape index (κ2) is 6.25. The fourth-order valence-electron chi connectivity index (χ4n) is 4.21. The third-order valence-corrected chi connectivity index (χ3v) is 5.98. The van der Waals surface area contributed by atoms with Gasteiger partial charge in [-0.05, 0) is 50.5 Å². The number of likely N-dealkylation sites (tertiary alicyclic amines) is 2. The van der Waals surface area contributed by atoms with Crippen LogP contribution in [-0.2, 0) is 4.79 Å². The Hall–Kier alpha value is -0.610. The van der Waals surface area contributed by atoms with E-state index in [0.29, 0.717) is 5.92 Å². The van der Waals surface area contributed by atoms with Gasteiger partial charge in [0, 0.05) is 25.2 Å². The van der Waals surface area contributed by atoms with Gasteiger partial charge in [0.2, 0.25) is 5.91 Å². The molecule has 0 aromatic heterocycles. The SMILES string of the molecule is CC[C@H](C)[C@H](N)C(=O)N1CC[C@@H]2[C@@H](CCCN2C2CC2)C1. The first kappa shape index (κ1) is 15.3. The summed E-state index contributed by atoms with van der Waals surface area (Å²) in [6, 6.07) is 1.28. The maximum absolute atomic E-state index is 12.6. The predicted molar refractivity (Wildman–Crippen MR) is 84.9 cm³/mol. The van der Waals surface area contributed by atoms with E-state index in [1.54, 1.807) is 0 Å². The molecule has 3 aliphatic rings. The van der Waals surface area contributed by atoms with Crippen molar-refractivity contribution in [3.63, 3.8) is 0 Å². The van der Waals surface area contributed by atoms with Crippen molar-refractivity contribution in [1.29, 1.82) is 0 Å². The van der Waals surface area contributed by atoms with E-state index in [1.807, 2.05) is 0 Å². The summed E-state index contributed by atoms with van der Waals surface area (Å²) in [6.07, 6.45) is 7.51. The van der Waals surface area contributed by atoms with Gasteiger partial charge in [0.15, 0.2) is 0 Å². The number of fused-ring (bicyclic) bond motifs is 1. The van der Waals surface area contributed by atoms with Crippen molar-refractivity contribution < 1.29 is 4.79 Å². The normalized spacial score (nSPS) is 33.4. The minimum Gasteiger partial charge on any atom is -0.341 e. The molecule has 0 aromatic carbocycles. The van der Waals surface area contributed by atoms with E-state index in [1.165, 1.54) is 32.2 Å². The van der Waals surface area contributed by atoms with Crippen molar-refractivity contribution in [3.8, 4) is 0 Å². The molecule has 0 bridgehead atoms. The van der Waals surface area contributed by atoms with Gasteiger partial charge >= 0.3 is 0 Å². The summed E-state index contributed by atoms with van der Waals surface area (Å²) in [7, 11) is 0. The average Bonchev–Trinajstić information content (AvgIpc) is 3.36. The molecule has 2 aliphatic heterocycles. The summed E-state index contributed by atoms with van der Waals surface area (Å²) in [5.74, 6) is 1.15. The van der Waals surface area contributed by atoms with Crippen molar-refractivity contribution in [3.05, 3.63) is 0 Å². The molecule has 3 fully saturated rings. The lowest BCUT2D eigenvalue weighted by Crippen LogP contribution is -2.58. The zero-order valence-corrected chi connectivity index (χ0v) is 13.6. The van der Waals surface area contributed by atoms with Crippen molar-refractivity contribution in [1.82, 2.24) is 9.80 Å². The first-order valence-corrected chi connectivity index (χ1v) is 8.92. The van der Waals surface area contributed by atoms with Gasteiger partial charge in [-0.15, -0.1) is 0 Å². The lowest BCUT2D eigenvalue weighted by molar-refractivity contribution is -0.137. The molecule has 2 heterocycles. The molecule has 1 saturated carbocycles. The smallest absolute Gasteiger partial charge is 0.239 e. The minimum atomic E-state index is -0.310. The molecular formula is C17H31N3O. The molecule has 1 amide bonds. The summed E-state index contributed by atoms with van der Waals surface area (Å²) >= 11 is 0. The molecular weight excluding hydrogens is 262 g/mol. The molecule has 3 rings (SSSR count). The number of nitrogens with two attached hydrogens (primary N) is 1. The molecule has 4 heteroatoms. The largest absolute Gasteiger partial charge is 0.341 e. The molecule has 4 atom stereocenters. The van der Waals surface area contributed by atoms with E-state index in [2.05, 4.69) is 23.6 Å². The highest BCUT2D eigenvalue weighted by atomic mass is 16.2. The number of carbonyl (C=O) groups excluding carboxylic acids is 1. The van der Waals surface area contributed by atoms with E-state index >= 15 is 0 Å². The van der Waals surface area contributed by atoms with E-state index in [0.717, 1.165) is 38.0 Å². The van der Waals surface area contributed by atoms with Crippen LogP contribution in [0.15, 0.2) is 0 Å². The number of piperidine rings is 2. The van der Waals surface area contributed by atoms with Gasteiger partial charge in [-0.3, -0.25) is 9.69 Å². The molecule has 2 saturated heterocycles. The Morgan fingerprint density at radius 2 is 2.00 bits per heavy atom. The van der Waals surface area contributed by atoms with Crippen LogP contribution in [0.3, 0.4) is 0 Å². The Morgan fingerprint density at radius 1 is 1.24 bits per heavy atom. The Bertz CT molecular complexity index is 382. The van der Waals surface area contributed by atoms with Gasteiger partial charge in [-0.1, -0.05) is 20.3 Å². The third kappa shape index (κ3) is 3.11. The fourth-order valence-corrected chi connectivity index (χ4v) is 4.21. The zero-order valence-electron chi connectivity index (χ0n) is 13.6. The summed E-state index contributed by atoms with van der Waals surface area (Å²) in [6.45, 7) is 7.33.